The lowest BCUT2D eigenvalue weighted by Crippen LogP contribution is -2.28. The van der Waals surface area contributed by atoms with E-state index < -0.39 is 17.8 Å². The number of ether oxygens (including phenoxy) is 1. The van der Waals surface area contributed by atoms with E-state index in [0.29, 0.717) is 22.4 Å². The smallest absolute Gasteiger partial charge is 0.433 e. The minimum absolute atomic E-state index is 0.0275. The summed E-state index contributed by atoms with van der Waals surface area (Å²) in [5.74, 6) is -0.0466. The van der Waals surface area contributed by atoms with Crippen LogP contribution in [0.5, 0.6) is 5.75 Å². The van der Waals surface area contributed by atoms with Crippen LogP contribution in [-0.4, -0.2) is 34.2 Å². The van der Waals surface area contributed by atoms with Crippen LogP contribution in [0.2, 0.25) is 5.02 Å². The fourth-order valence-corrected chi connectivity index (χ4v) is 2.90. The molecule has 29 heavy (non-hydrogen) atoms. The second-order valence-electron chi connectivity index (χ2n) is 6.76. The van der Waals surface area contributed by atoms with Crippen molar-refractivity contribution in [2.45, 2.75) is 20.0 Å². The number of fused-ring (bicyclic) bond motifs is 1. The number of carbonyl (C=O) groups excluding carboxylic acids is 1. The molecule has 0 bridgehead atoms. The van der Waals surface area contributed by atoms with Gasteiger partial charge in [-0.05, 0) is 24.1 Å². The molecule has 154 valence electrons. The molecule has 0 fully saturated rings. The minimum atomic E-state index is -4.74. The van der Waals surface area contributed by atoms with E-state index in [1.165, 1.54) is 7.11 Å². The molecule has 1 amide bonds. The zero-order valence-corrected chi connectivity index (χ0v) is 16.6. The largest absolute Gasteiger partial charge is 0.497 e. The van der Waals surface area contributed by atoms with Gasteiger partial charge < -0.3 is 10.1 Å². The molecule has 6 nitrogen and oxygen atoms in total. The Kier molecular flexibility index (Phi) is 5.70. The lowest BCUT2D eigenvalue weighted by molar-refractivity contribution is -0.142. The molecule has 0 aliphatic rings. The number of amides is 1. The molecule has 1 N–H and O–H groups in total. The summed E-state index contributed by atoms with van der Waals surface area (Å²) < 4.78 is 46.8. The molecule has 2 heterocycles. The quantitative estimate of drug-likeness (QED) is 0.654. The van der Waals surface area contributed by atoms with Crippen molar-refractivity contribution in [3.63, 3.8) is 0 Å². The fourth-order valence-electron chi connectivity index (χ4n) is 2.65. The number of nitrogens with one attached hydrogen (secondary N) is 1. The van der Waals surface area contributed by atoms with Crippen LogP contribution in [0.1, 0.15) is 30.0 Å². The third-order valence-electron chi connectivity index (χ3n) is 4.07. The van der Waals surface area contributed by atoms with E-state index in [9.17, 15) is 18.0 Å². The predicted molar refractivity (Wildman–Crippen MR) is 102 cm³/mol. The zero-order valence-electron chi connectivity index (χ0n) is 15.8. The molecule has 0 saturated heterocycles. The molecular weight excluding hydrogens is 409 g/mol. The van der Waals surface area contributed by atoms with Crippen LogP contribution < -0.4 is 10.1 Å². The van der Waals surface area contributed by atoms with Crippen LogP contribution in [0, 0.1) is 5.92 Å². The first-order valence-corrected chi connectivity index (χ1v) is 9.08. The minimum Gasteiger partial charge on any atom is -0.497 e. The lowest BCUT2D eigenvalue weighted by Gasteiger charge is -2.11. The maximum absolute atomic E-state index is 13.7. The third kappa shape index (κ3) is 4.29. The Hall–Kier alpha value is -2.81. The first-order chi connectivity index (χ1) is 13.6. The monoisotopic (exact) mass is 426 g/mol. The maximum Gasteiger partial charge on any atom is 0.433 e. The van der Waals surface area contributed by atoms with E-state index in [1.54, 1.807) is 24.3 Å². The number of benzene rings is 1. The number of halogens is 4. The van der Waals surface area contributed by atoms with Gasteiger partial charge in [-0.2, -0.15) is 18.3 Å². The molecule has 0 atom stereocenters. The Morgan fingerprint density at radius 1 is 1.31 bits per heavy atom. The van der Waals surface area contributed by atoms with E-state index in [4.69, 9.17) is 16.3 Å². The van der Waals surface area contributed by atoms with Crippen molar-refractivity contribution < 1.29 is 22.7 Å². The first kappa shape index (κ1) is 20.9. The highest BCUT2D eigenvalue weighted by Crippen LogP contribution is 2.35. The van der Waals surface area contributed by atoms with Crippen LogP contribution in [0.25, 0.3) is 16.9 Å². The molecule has 0 spiro atoms. The molecule has 0 unspecified atom stereocenters. The van der Waals surface area contributed by atoms with Gasteiger partial charge in [-0.1, -0.05) is 37.6 Å². The van der Waals surface area contributed by atoms with Crippen molar-refractivity contribution >= 4 is 23.2 Å². The van der Waals surface area contributed by atoms with Gasteiger partial charge in [0.1, 0.15) is 10.8 Å². The number of hydrogen-bond donors (Lipinski definition) is 1. The molecule has 0 saturated carbocycles. The number of nitrogens with zero attached hydrogens (tertiary/aromatic N) is 3. The first-order valence-electron chi connectivity index (χ1n) is 8.71. The highest BCUT2D eigenvalue weighted by Gasteiger charge is 2.36. The number of hydrogen-bond acceptors (Lipinski definition) is 4. The van der Waals surface area contributed by atoms with Gasteiger partial charge >= 0.3 is 6.18 Å². The van der Waals surface area contributed by atoms with Gasteiger partial charge in [-0.3, -0.25) is 4.79 Å². The topological polar surface area (TPSA) is 68.5 Å². The molecule has 0 aliphatic carbocycles. The Morgan fingerprint density at radius 3 is 2.66 bits per heavy atom. The normalized spacial score (nSPS) is 11.9. The van der Waals surface area contributed by atoms with Crippen LogP contribution >= 0.6 is 11.6 Å². The van der Waals surface area contributed by atoms with Crippen molar-refractivity contribution in [2.75, 3.05) is 13.7 Å². The lowest BCUT2D eigenvalue weighted by atomic mass is 10.1. The summed E-state index contributed by atoms with van der Waals surface area (Å²) in [7, 11) is 1.45. The summed E-state index contributed by atoms with van der Waals surface area (Å²) in [5.41, 5.74) is -1.23. The van der Waals surface area contributed by atoms with E-state index in [-0.39, 0.29) is 28.0 Å². The molecular formula is C19H18ClF3N4O2. The zero-order chi connectivity index (χ0) is 21.3. The maximum atomic E-state index is 13.7. The van der Waals surface area contributed by atoms with Crippen molar-refractivity contribution in [1.82, 2.24) is 19.9 Å². The summed E-state index contributed by atoms with van der Waals surface area (Å²) in [5, 5.41) is 6.14. The van der Waals surface area contributed by atoms with Gasteiger partial charge in [0.25, 0.3) is 5.91 Å². The SMILES string of the molecule is COc1cccc(-c2cc(C(F)(F)F)n3nc(C(=O)NCC(C)C)c(Cl)c3n2)c1. The highest BCUT2D eigenvalue weighted by atomic mass is 35.5. The summed E-state index contributed by atoms with van der Waals surface area (Å²) in [6.45, 7) is 4.10. The Balaban J connectivity index is 2.19. The molecule has 0 aliphatic heterocycles. The highest BCUT2D eigenvalue weighted by molar-refractivity contribution is 6.36. The summed E-state index contributed by atoms with van der Waals surface area (Å²) in [6.07, 6.45) is -4.74. The molecule has 1 aromatic carbocycles. The van der Waals surface area contributed by atoms with Crippen molar-refractivity contribution in [1.29, 1.82) is 0 Å². The number of aromatic nitrogens is 3. The summed E-state index contributed by atoms with van der Waals surface area (Å²) in [4.78, 5) is 16.6. The van der Waals surface area contributed by atoms with Gasteiger partial charge in [0.05, 0.1) is 12.8 Å². The van der Waals surface area contributed by atoms with Crippen LogP contribution in [-0.2, 0) is 6.18 Å². The number of alkyl halides is 3. The Morgan fingerprint density at radius 2 is 2.03 bits per heavy atom. The van der Waals surface area contributed by atoms with E-state index in [1.807, 2.05) is 13.8 Å². The van der Waals surface area contributed by atoms with Crippen LogP contribution in [0.3, 0.4) is 0 Å². The van der Waals surface area contributed by atoms with Crippen LogP contribution in [0.15, 0.2) is 30.3 Å². The van der Waals surface area contributed by atoms with Gasteiger partial charge in [-0.15, -0.1) is 0 Å². The molecule has 3 aromatic rings. The van der Waals surface area contributed by atoms with E-state index in [0.717, 1.165) is 6.07 Å². The van der Waals surface area contributed by atoms with Crippen molar-refractivity contribution in [2.24, 2.45) is 5.92 Å². The second kappa shape index (κ2) is 7.90. The van der Waals surface area contributed by atoms with E-state index >= 15 is 0 Å². The molecule has 3 rings (SSSR count). The average molecular weight is 427 g/mol. The Bertz CT molecular complexity index is 1060. The standard InChI is InChI=1S/C19H18ClF3N4O2/c1-10(2)9-24-18(28)16-15(20)17-25-13(11-5-4-6-12(7-11)29-3)8-14(19(21,22)23)27(17)26-16/h4-8,10H,9H2,1-3H3,(H,24,28). The summed E-state index contributed by atoms with van der Waals surface area (Å²) >= 11 is 6.21. The van der Waals surface area contributed by atoms with Crippen molar-refractivity contribution in [3.05, 3.63) is 46.7 Å². The second-order valence-corrected chi connectivity index (χ2v) is 7.14. The number of carbonyl (C=O) groups is 1. The van der Waals surface area contributed by atoms with Gasteiger partial charge in [0, 0.05) is 12.1 Å². The molecule has 0 radical (unpaired) electrons. The van der Waals surface area contributed by atoms with Gasteiger partial charge in [0.15, 0.2) is 17.0 Å². The predicted octanol–water partition coefficient (Wildman–Crippen LogP) is 4.46. The van der Waals surface area contributed by atoms with E-state index in [2.05, 4.69) is 15.4 Å². The number of methoxy groups -OCH3 is 1. The van der Waals surface area contributed by atoms with Crippen LogP contribution in [0.4, 0.5) is 13.2 Å². The number of rotatable bonds is 5. The van der Waals surface area contributed by atoms with Gasteiger partial charge in [-0.25, -0.2) is 9.50 Å². The third-order valence-corrected chi connectivity index (χ3v) is 4.42. The average Bonchev–Trinajstić information content (AvgIpc) is 3.01. The van der Waals surface area contributed by atoms with Crippen molar-refractivity contribution in [3.8, 4) is 17.0 Å². The Labute approximate surface area is 169 Å². The van der Waals surface area contributed by atoms with Gasteiger partial charge in [0.2, 0.25) is 0 Å². The molecule has 10 heteroatoms. The summed E-state index contributed by atoms with van der Waals surface area (Å²) in [6, 6.07) is 7.31. The fraction of sp³-hybridized carbons (Fsp3) is 0.316. The molecule has 2 aromatic heterocycles.